The lowest BCUT2D eigenvalue weighted by atomic mass is 10.2. The average molecular weight is 483 g/mol. The number of thiophene rings is 1. The van der Waals surface area contributed by atoms with Crippen molar-refractivity contribution in [1.29, 1.82) is 0 Å². The third kappa shape index (κ3) is 4.41. The van der Waals surface area contributed by atoms with Crippen LogP contribution in [0.5, 0.6) is 5.75 Å². The van der Waals surface area contributed by atoms with Crippen LogP contribution >= 0.6 is 59.1 Å². The van der Waals surface area contributed by atoms with Crippen molar-refractivity contribution >= 4 is 64.9 Å². The minimum Gasteiger partial charge on any atom is -0.491 e. The minimum absolute atomic E-state index is 0.178. The Kier molecular flexibility index (Phi) is 6.26. The highest BCUT2D eigenvalue weighted by atomic mass is 79.9. The van der Waals surface area contributed by atoms with E-state index in [-0.39, 0.29) is 5.78 Å². The van der Waals surface area contributed by atoms with Crippen molar-refractivity contribution in [1.82, 2.24) is 0 Å². The molecule has 0 spiro atoms. The second kappa shape index (κ2) is 7.73. The van der Waals surface area contributed by atoms with Crippen LogP contribution in [0.25, 0.3) is 0 Å². The summed E-state index contributed by atoms with van der Waals surface area (Å²) in [6.45, 7) is 0.510. The maximum absolute atomic E-state index is 11.8. The van der Waals surface area contributed by atoms with Gasteiger partial charge in [0.1, 0.15) is 5.75 Å². The Morgan fingerprint density at radius 1 is 1.20 bits per heavy atom. The molecule has 0 atom stereocenters. The molecule has 0 saturated carbocycles. The summed E-state index contributed by atoms with van der Waals surface area (Å²) in [6, 6.07) is 7.61. The van der Waals surface area contributed by atoms with Gasteiger partial charge in [-0.25, -0.2) is 0 Å². The topological polar surface area (TPSA) is 26.3 Å². The Morgan fingerprint density at radius 3 is 2.50 bits per heavy atom. The number of carbonyl (C=O) groups excluding carboxylic acids is 1. The lowest BCUT2D eigenvalue weighted by molar-refractivity contribution is 0.0977. The SMILES string of the molecule is O=C(CCCOc1c(Br)cc(Br)cc1Br)c1cccs1. The molecule has 20 heavy (non-hydrogen) atoms. The molecule has 1 aromatic heterocycles. The van der Waals surface area contributed by atoms with Gasteiger partial charge in [-0.15, -0.1) is 11.3 Å². The van der Waals surface area contributed by atoms with Gasteiger partial charge in [0.05, 0.1) is 20.4 Å². The van der Waals surface area contributed by atoms with Gasteiger partial charge in [0.15, 0.2) is 5.78 Å². The predicted octanol–water partition coefficient (Wildman–Crippen LogP) is 6.08. The van der Waals surface area contributed by atoms with E-state index in [9.17, 15) is 4.79 Å². The number of carbonyl (C=O) groups is 1. The quantitative estimate of drug-likeness (QED) is 0.368. The molecule has 0 bridgehead atoms. The van der Waals surface area contributed by atoms with Crippen LogP contribution in [0.4, 0.5) is 0 Å². The molecular weight excluding hydrogens is 472 g/mol. The van der Waals surface area contributed by atoms with E-state index in [4.69, 9.17) is 4.74 Å². The first-order valence-electron chi connectivity index (χ1n) is 5.92. The molecular formula is C14H11Br3O2S. The van der Waals surface area contributed by atoms with Crippen molar-refractivity contribution in [3.63, 3.8) is 0 Å². The Morgan fingerprint density at radius 2 is 1.90 bits per heavy atom. The summed E-state index contributed by atoms with van der Waals surface area (Å²) in [5, 5.41) is 1.92. The molecule has 0 amide bonds. The van der Waals surface area contributed by atoms with Crippen LogP contribution in [0.1, 0.15) is 22.5 Å². The fourth-order valence-corrected chi connectivity index (χ4v) is 4.82. The second-order valence-electron chi connectivity index (χ2n) is 4.05. The number of benzene rings is 1. The van der Waals surface area contributed by atoms with E-state index in [1.807, 2.05) is 29.6 Å². The first-order valence-corrected chi connectivity index (χ1v) is 9.18. The smallest absolute Gasteiger partial charge is 0.172 e. The van der Waals surface area contributed by atoms with Crippen molar-refractivity contribution in [3.05, 3.63) is 47.9 Å². The molecule has 2 nitrogen and oxygen atoms in total. The number of hydrogen-bond donors (Lipinski definition) is 0. The fourth-order valence-electron chi connectivity index (χ4n) is 1.63. The van der Waals surface area contributed by atoms with Crippen LogP contribution in [0.15, 0.2) is 43.1 Å². The van der Waals surface area contributed by atoms with Crippen LogP contribution in [0.2, 0.25) is 0 Å². The average Bonchev–Trinajstić information content (AvgIpc) is 2.90. The van der Waals surface area contributed by atoms with E-state index in [0.717, 1.165) is 24.0 Å². The van der Waals surface area contributed by atoms with Gasteiger partial charge in [0.25, 0.3) is 0 Å². The monoisotopic (exact) mass is 480 g/mol. The van der Waals surface area contributed by atoms with E-state index in [1.54, 1.807) is 0 Å². The first-order chi connectivity index (χ1) is 9.58. The molecule has 0 aliphatic rings. The largest absolute Gasteiger partial charge is 0.491 e. The molecule has 0 N–H and O–H groups in total. The maximum atomic E-state index is 11.8. The van der Waals surface area contributed by atoms with Crippen LogP contribution in [-0.4, -0.2) is 12.4 Å². The van der Waals surface area contributed by atoms with E-state index >= 15 is 0 Å². The summed E-state index contributed by atoms with van der Waals surface area (Å²) >= 11 is 11.8. The molecule has 1 aromatic carbocycles. The number of rotatable bonds is 6. The highest BCUT2D eigenvalue weighted by Crippen LogP contribution is 2.36. The Hall–Kier alpha value is -0.170. The molecule has 106 valence electrons. The number of ketones is 1. The van der Waals surface area contributed by atoms with Crippen LogP contribution in [-0.2, 0) is 0 Å². The molecule has 0 radical (unpaired) electrons. The summed E-state index contributed by atoms with van der Waals surface area (Å²) in [5.41, 5.74) is 0. The lowest BCUT2D eigenvalue weighted by Gasteiger charge is -2.10. The molecule has 2 rings (SSSR count). The molecule has 0 unspecified atom stereocenters. The number of halogens is 3. The number of ether oxygens (including phenoxy) is 1. The standard InChI is InChI=1S/C14H11Br3O2S/c15-9-7-10(16)14(11(17)8-9)19-5-1-3-12(18)13-4-2-6-20-13/h2,4,6-8H,1,3,5H2. The molecule has 6 heteroatoms. The van der Waals surface area contributed by atoms with Crippen LogP contribution in [0.3, 0.4) is 0 Å². The van der Waals surface area contributed by atoms with E-state index in [1.165, 1.54) is 11.3 Å². The Labute approximate surface area is 146 Å². The first kappa shape index (κ1) is 16.2. The minimum atomic E-state index is 0.178. The van der Waals surface area contributed by atoms with Gasteiger partial charge in [0.2, 0.25) is 0 Å². The number of hydrogen-bond acceptors (Lipinski definition) is 3. The zero-order valence-electron chi connectivity index (χ0n) is 10.4. The van der Waals surface area contributed by atoms with Crippen LogP contribution < -0.4 is 4.74 Å². The molecule has 0 aliphatic carbocycles. The molecule has 0 saturated heterocycles. The lowest BCUT2D eigenvalue weighted by Crippen LogP contribution is -2.03. The van der Waals surface area contributed by atoms with Crippen molar-refractivity contribution in [2.75, 3.05) is 6.61 Å². The molecule has 2 aromatic rings. The fraction of sp³-hybridized carbons (Fsp3) is 0.214. The molecule has 0 fully saturated rings. The predicted molar refractivity (Wildman–Crippen MR) is 92.9 cm³/mol. The van der Waals surface area contributed by atoms with Crippen LogP contribution in [0, 0.1) is 0 Å². The zero-order valence-corrected chi connectivity index (χ0v) is 15.9. The van der Waals surface area contributed by atoms with Gasteiger partial charge in [0, 0.05) is 10.9 Å². The van der Waals surface area contributed by atoms with Crippen molar-refractivity contribution < 1.29 is 9.53 Å². The third-order valence-electron chi connectivity index (χ3n) is 2.55. The Bertz CT molecular complexity index is 573. The summed E-state index contributed by atoms with van der Waals surface area (Å²) < 4.78 is 8.45. The summed E-state index contributed by atoms with van der Waals surface area (Å²) in [7, 11) is 0. The van der Waals surface area contributed by atoms with Crippen molar-refractivity contribution in [2.45, 2.75) is 12.8 Å². The summed E-state index contributed by atoms with van der Waals surface area (Å²) in [6.07, 6.45) is 1.21. The van der Waals surface area contributed by atoms with Gasteiger partial charge in [-0.2, -0.15) is 0 Å². The zero-order chi connectivity index (χ0) is 14.5. The van der Waals surface area contributed by atoms with E-state index in [0.29, 0.717) is 19.4 Å². The highest BCUT2D eigenvalue weighted by Gasteiger charge is 2.10. The van der Waals surface area contributed by atoms with Gasteiger partial charge in [-0.3, -0.25) is 4.79 Å². The second-order valence-corrected chi connectivity index (χ2v) is 7.62. The summed E-state index contributed by atoms with van der Waals surface area (Å²) in [4.78, 5) is 12.6. The van der Waals surface area contributed by atoms with E-state index in [2.05, 4.69) is 47.8 Å². The van der Waals surface area contributed by atoms with Gasteiger partial charge in [-0.1, -0.05) is 22.0 Å². The van der Waals surface area contributed by atoms with E-state index < -0.39 is 0 Å². The summed E-state index contributed by atoms with van der Waals surface area (Å²) in [5.74, 6) is 0.939. The van der Waals surface area contributed by atoms with Crippen molar-refractivity contribution in [3.8, 4) is 5.75 Å². The van der Waals surface area contributed by atoms with Gasteiger partial charge in [-0.05, 0) is 61.9 Å². The normalized spacial score (nSPS) is 10.6. The maximum Gasteiger partial charge on any atom is 0.172 e. The molecule has 1 heterocycles. The van der Waals surface area contributed by atoms with Gasteiger partial charge < -0.3 is 4.74 Å². The Balaban J connectivity index is 1.83. The highest BCUT2D eigenvalue weighted by molar-refractivity contribution is 9.11. The molecule has 0 aliphatic heterocycles. The van der Waals surface area contributed by atoms with Gasteiger partial charge >= 0.3 is 0 Å². The van der Waals surface area contributed by atoms with Crippen molar-refractivity contribution in [2.24, 2.45) is 0 Å². The number of Topliss-reactive ketones (excluding diaryl/α,β-unsaturated/α-hetero) is 1. The third-order valence-corrected chi connectivity index (χ3v) is 5.10.